The summed E-state index contributed by atoms with van der Waals surface area (Å²) in [6, 6.07) is 13.7. The average molecular weight is 378 g/mol. The van der Waals surface area contributed by atoms with E-state index in [4.69, 9.17) is 0 Å². The first-order valence-electron chi connectivity index (χ1n) is 8.83. The quantitative estimate of drug-likeness (QED) is 0.506. The maximum atomic E-state index is 12.0. The summed E-state index contributed by atoms with van der Waals surface area (Å²) in [5.41, 5.74) is 4.32. The van der Waals surface area contributed by atoms with E-state index in [9.17, 15) is 9.90 Å². The van der Waals surface area contributed by atoms with Crippen molar-refractivity contribution in [1.82, 2.24) is 20.1 Å². The van der Waals surface area contributed by atoms with E-state index in [1.54, 1.807) is 17.5 Å². The topological polar surface area (TPSA) is 85.0 Å². The second-order valence-electron chi connectivity index (χ2n) is 6.83. The molecule has 4 heterocycles. The number of nitrogens with zero attached hydrogens (tertiary/aromatic N) is 2. The Bertz CT molecular complexity index is 1110. The zero-order valence-corrected chi connectivity index (χ0v) is 15.3. The van der Waals surface area contributed by atoms with Crippen LogP contribution in [-0.4, -0.2) is 37.2 Å². The maximum absolute atomic E-state index is 12.0. The fraction of sp³-hybridized carbons (Fsp3) is 0.200. The number of aromatic amines is 2. The molecule has 0 fully saturated rings. The van der Waals surface area contributed by atoms with Gasteiger partial charge in [-0.05, 0) is 29.8 Å². The Morgan fingerprint density at radius 3 is 2.96 bits per heavy atom. The number of aliphatic carboxylic acids is 1. The Balaban J connectivity index is 1.45. The lowest BCUT2D eigenvalue weighted by Gasteiger charge is -2.32. The van der Waals surface area contributed by atoms with E-state index in [-0.39, 0.29) is 0 Å². The molecular weight excluding hydrogens is 360 g/mol. The highest BCUT2D eigenvalue weighted by Crippen LogP contribution is 2.33. The SMILES string of the molecule is O=C(O)[C@@H]1Cc2c([nH]c3ccccc23)CN1Cc1ccc(-c2ccn[nH]2)s1. The van der Waals surface area contributed by atoms with Crippen molar-refractivity contribution in [3.8, 4) is 10.6 Å². The molecule has 1 aromatic carbocycles. The van der Waals surface area contributed by atoms with Crippen LogP contribution in [0.1, 0.15) is 16.1 Å². The van der Waals surface area contributed by atoms with Crippen molar-refractivity contribution in [2.45, 2.75) is 25.6 Å². The zero-order chi connectivity index (χ0) is 18.4. The molecule has 3 aromatic heterocycles. The Labute approximate surface area is 159 Å². The zero-order valence-electron chi connectivity index (χ0n) is 14.5. The van der Waals surface area contributed by atoms with Crippen LogP contribution in [0, 0.1) is 0 Å². The van der Waals surface area contributed by atoms with E-state index in [1.807, 2.05) is 29.2 Å². The summed E-state index contributed by atoms with van der Waals surface area (Å²) in [5, 5.41) is 17.9. The maximum Gasteiger partial charge on any atom is 0.321 e. The molecule has 0 saturated heterocycles. The molecule has 136 valence electrons. The molecule has 1 atom stereocenters. The van der Waals surface area contributed by atoms with Crippen LogP contribution in [0.2, 0.25) is 0 Å². The number of H-pyrrole nitrogens is 2. The number of benzene rings is 1. The van der Waals surface area contributed by atoms with Gasteiger partial charge in [-0.1, -0.05) is 18.2 Å². The lowest BCUT2D eigenvalue weighted by molar-refractivity contribution is -0.144. The van der Waals surface area contributed by atoms with Gasteiger partial charge in [-0.25, -0.2) is 0 Å². The number of carbonyl (C=O) groups is 1. The van der Waals surface area contributed by atoms with Crippen molar-refractivity contribution in [2.75, 3.05) is 0 Å². The number of thiophene rings is 1. The number of para-hydroxylation sites is 1. The summed E-state index contributed by atoms with van der Waals surface area (Å²) in [4.78, 5) is 19.7. The third-order valence-electron chi connectivity index (χ3n) is 5.17. The second-order valence-corrected chi connectivity index (χ2v) is 8.00. The molecule has 0 unspecified atom stereocenters. The van der Waals surface area contributed by atoms with Crippen molar-refractivity contribution in [3.63, 3.8) is 0 Å². The molecule has 0 radical (unpaired) electrons. The number of aromatic nitrogens is 3. The number of nitrogens with one attached hydrogen (secondary N) is 2. The summed E-state index contributed by atoms with van der Waals surface area (Å²) in [5.74, 6) is -0.767. The number of rotatable bonds is 4. The number of hydrogen-bond donors (Lipinski definition) is 3. The first-order chi connectivity index (χ1) is 13.2. The van der Waals surface area contributed by atoms with Crippen LogP contribution in [0.25, 0.3) is 21.5 Å². The molecule has 5 rings (SSSR count). The van der Waals surface area contributed by atoms with Crippen LogP contribution >= 0.6 is 11.3 Å². The smallest absolute Gasteiger partial charge is 0.321 e. The average Bonchev–Trinajstić information content (AvgIpc) is 3.40. The standard InChI is InChI=1S/C20H18N4O2S/c25-20(26)18-9-14-13-3-1-2-4-15(13)22-17(14)11-24(18)10-12-5-6-19(27-12)16-7-8-21-23-16/h1-8,18,22H,9-11H2,(H,21,23)(H,25,26)/t18-/m0/s1. The molecule has 0 spiro atoms. The Kier molecular flexibility index (Phi) is 3.84. The van der Waals surface area contributed by atoms with Crippen LogP contribution in [0.5, 0.6) is 0 Å². The molecule has 4 aromatic rings. The molecule has 0 saturated carbocycles. The Morgan fingerprint density at radius 1 is 1.26 bits per heavy atom. The van der Waals surface area contributed by atoms with E-state index in [1.165, 1.54) is 0 Å². The van der Waals surface area contributed by atoms with Gasteiger partial charge in [0.25, 0.3) is 0 Å². The normalized spacial score (nSPS) is 17.3. The van der Waals surface area contributed by atoms with E-state index in [2.05, 4.69) is 33.4 Å². The van der Waals surface area contributed by atoms with Gasteiger partial charge in [0.2, 0.25) is 0 Å². The minimum absolute atomic E-state index is 0.519. The molecule has 3 N–H and O–H groups in total. The van der Waals surface area contributed by atoms with Gasteiger partial charge >= 0.3 is 5.97 Å². The highest BCUT2D eigenvalue weighted by molar-refractivity contribution is 7.15. The van der Waals surface area contributed by atoms with Gasteiger partial charge in [0.15, 0.2) is 0 Å². The number of hydrogen-bond acceptors (Lipinski definition) is 4. The summed E-state index contributed by atoms with van der Waals surface area (Å²) >= 11 is 1.67. The summed E-state index contributed by atoms with van der Waals surface area (Å²) in [6.07, 6.45) is 2.25. The first-order valence-corrected chi connectivity index (χ1v) is 9.64. The number of carboxylic acid groups (broad SMARTS) is 1. The van der Waals surface area contributed by atoms with Crippen molar-refractivity contribution in [2.24, 2.45) is 0 Å². The predicted octanol–water partition coefficient (Wildman–Crippen LogP) is 3.63. The first kappa shape index (κ1) is 16.3. The Hall–Kier alpha value is -2.90. The van der Waals surface area contributed by atoms with Crippen molar-refractivity contribution < 1.29 is 9.90 Å². The second kappa shape index (κ2) is 6.37. The molecule has 27 heavy (non-hydrogen) atoms. The predicted molar refractivity (Wildman–Crippen MR) is 105 cm³/mol. The summed E-state index contributed by atoms with van der Waals surface area (Å²) < 4.78 is 0. The van der Waals surface area contributed by atoms with Crippen LogP contribution in [0.4, 0.5) is 0 Å². The highest BCUT2D eigenvalue weighted by atomic mass is 32.1. The van der Waals surface area contributed by atoms with Gasteiger partial charge in [0, 0.05) is 47.2 Å². The van der Waals surface area contributed by atoms with Gasteiger partial charge in [0.1, 0.15) is 6.04 Å². The minimum atomic E-state index is -0.767. The molecule has 6 nitrogen and oxygen atoms in total. The van der Waals surface area contributed by atoms with Gasteiger partial charge in [0.05, 0.1) is 10.6 Å². The van der Waals surface area contributed by atoms with Crippen LogP contribution < -0.4 is 0 Å². The van der Waals surface area contributed by atoms with Gasteiger partial charge in [-0.3, -0.25) is 14.8 Å². The Morgan fingerprint density at radius 2 is 2.15 bits per heavy atom. The van der Waals surface area contributed by atoms with Crippen LogP contribution in [-0.2, 0) is 24.3 Å². The van der Waals surface area contributed by atoms with Crippen LogP contribution in [0.3, 0.4) is 0 Å². The van der Waals surface area contributed by atoms with Crippen LogP contribution in [0.15, 0.2) is 48.7 Å². The third kappa shape index (κ3) is 2.85. The third-order valence-corrected chi connectivity index (χ3v) is 6.28. The molecule has 7 heteroatoms. The lowest BCUT2D eigenvalue weighted by atomic mass is 9.96. The van der Waals surface area contributed by atoms with Gasteiger partial charge < -0.3 is 10.1 Å². The summed E-state index contributed by atoms with van der Waals surface area (Å²) in [6.45, 7) is 1.23. The van der Waals surface area contributed by atoms with Gasteiger partial charge in [-0.15, -0.1) is 11.3 Å². The molecule has 0 amide bonds. The molecule has 1 aliphatic heterocycles. The van der Waals surface area contributed by atoms with E-state index in [0.717, 1.165) is 37.6 Å². The van der Waals surface area contributed by atoms with Crippen molar-refractivity contribution >= 4 is 28.2 Å². The highest BCUT2D eigenvalue weighted by Gasteiger charge is 2.33. The van der Waals surface area contributed by atoms with Gasteiger partial charge in [-0.2, -0.15) is 5.10 Å². The minimum Gasteiger partial charge on any atom is -0.480 e. The summed E-state index contributed by atoms with van der Waals surface area (Å²) in [7, 11) is 0. The number of fused-ring (bicyclic) bond motifs is 3. The van der Waals surface area contributed by atoms with E-state index < -0.39 is 12.0 Å². The molecule has 1 aliphatic rings. The van der Waals surface area contributed by atoms with E-state index >= 15 is 0 Å². The monoisotopic (exact) mass is 378 g/mol. The largest absolute Gasteiger partial charge is 0.480 e. The number of carboxylic acids is 1. The lowest BCUT2D eigenvalue weighted by Crippen LogP contribution is -2.44. The molecule has 0 bridgehead atoms. The molecule has 0 aliphatic carbocycles. The molecular formula is C20H18N4O2S. The van der Waals surface area contributed by atoms with Crippen molar-refractivity contribution in [1.29, 1.82) is 0 Å². The fourth-order valence-electron chi connectivity index (χ4n) is 3.87. The van der Waals surface area contributed by atoms with Crippen molar-refractivity contribution in [3.05, 3.63) is 64.8 Å². The van der Waals surface area contributed by atoms with E-state index in [0.29, 0.717) is 19.5 Å². The fourth-order valence-corrected chi connectivity index (χ4v) is 4.88.